The summed E-state index contributed by atoms with van der Waals surface area (Å²) in [5.74, 6) is -2.45. The first-order chi connectivity index (χ1) is 5.87. The van der Waals surface area contributed by atoms with Gasteiger partial charge < -0.3 is 30.6 Å². The van der Waals surface area contributed by atoms with Crippen LogP contribution in [0.1, 0.15) is 19.8 Å². The molecule has 13 heavy (non-hydrogen) atoms. The largest absolute Gasteiger partial charge is 0.394 e. The van der Waals surface area contributed by atoms with Crippen molar-refractivity contribution in [1.82, 2.24) is 0 Å². The molecule has 0 aliphatic carbocycles. The molecule has 0 aliphatic heterocycles. The van der Waals surface area contributed by atoms with Crippen molar-refractivity contribution in [3.05, 3.63) is 0 Å². The van der Waals surface area contributed by atoms with Gasteiger partial charge in [-0.2, -0.15) is 0 Å². The van der Waals surface area contributed by atoms with Gasteiger partial charge in [-0.25, -0.2) is 0 Å². The smallest absolute Gasteiger partial charge is 0.275 e. The summed E-state index contributed by atoms with van der Waals surface area (Å²) in [5.41, 5.74) is 0. The van der Waals surface area contributed by atoms with Gasteiger partial charge >= 0.3 is 0 Å². The van der Waals surface area contributed by atoms with E-state index >= 15 is 0 Å². The molecule has 0 rings (SSSR count). The molecule has 6 heteroatoms. The molecule has 0 amide bonds. The van der Waals surface area contributed by atoms with Crippen LogP contribution in [-0.4, -0.2) is 55.9 Å². The number of aliphatic hydroxyl groups excluding tert-OH is 3. The number of hydrogen-bond acceptors (Lipinski definition) is 6. The molecule has 0 spiro atoms. The van der Waals surface area contributed by atoms with Crippen molar-refractivity contribution in [1.29, 1.82) is 0 Å². The predicted molar refractivity (Wildman–Crippen MR) is 44.5 cm³/mol. The summed E-state index contributed by atoms with van der Waals surface area (Å²) in [7, 11) is 0. The summed E-state index contributed by atoms with van der Waals surface area (Å²) >= 11 is 0. The summed E-state index contributed by atoms with van der Waals surface area (Å²) in [5, 5.41) is 48.4. The van der Waals surface area contributed by atoms with E-state index in [0.29, 0.717) is 6.42 Å². The molecule has 0 aromatic rings. The maximum absolute atomic E-state index is 8.17. The Kier molecular flexibility index (Phi) is 9.80. The van der Waals surface area contributed by atoms with Crippen LogP contribution in [0.2, 0.25) is 0 Å². The molecule has 0 aromatic heterocycles. The van der Waals surface area contributed by atoms with E-state index < -0.39 is 12.1 Å². The number of hydrogen-bond donors (Lipinski definition) is 6. The summed E-state index contributed by atoms with van der Waals surface area (Å²) in [6.07, 6.45) is -0.388. The quantitative estimate of drug-likeness (QED) is 0.284. The normalized spacial score (nSPS) is 11.1. The van der Waals surface area contributed by atoms with Gasteiger partial charge in [0, 0.05) is 6.42 Å². The lowest BCUT2D eigenvalue weighted by Crippen LogP contribution is -2.26. The second-order valence-electron chi connectivity index (χ2n) is 2.54. The highest BCUT2D eigenvalue weighted by molar-refractivity contribution is 4.44. The highest BCUT2D eigenvalue weighted by atomic mass is 16.7. The lowest BCUT2D eigenvalue weighted by molar-refractivity contribution is -0.314. The van der Waals surface area contributed by atoms with Crippen molar-refractivity contribution in [3.8, 4) is 0 Å². The van der Waals surface area contributed by atoms with Crippen LogP contribution >= 0.6 is 0 Å². The fourth-order valence-corrected chi connectivity index (χ4v) is 0.393. The summed E-state index contributed by atoms with van der Waals surface area (Å²) in [6.45, 7) is 1.02. The Morgan fingerprint density at radius 3 is 1.46 bits per heavy atom. The zero-order valence-electron chi connectivity index (χ0n) is 7.59. The van der Waals surface area contributed by atoms with Gasteiger partial charge in [-0.1, -0.05) is 6.92 Å². The molecule has 6 nitrogen and oxygen atoms in total. The third-order valence-corrected chi connectivity index (χ3v) is 1.01. The molecule has 0 atom stereocenters. The van der Waals surface area contributed by atoms with Crippen molar-refractivity contribution in [2.24, 2.45) is 0 Å². The highest BCUT2D eigenvalue weighted by Gasteiger charge is 2.14. The minimum absolute atomic E-state index is 0.00694. The first-order valence-electron chi connectivity index (χ1n) is 3.94. The van der Waals surface area contributed by atoms with Crippen LogP contribution < -0.4 is 0 Å². The van der Waals surface area contributed by atoms with Crippen LogP contribution in [0.3, 0.4) is 0 Å². The monoisotopic (exact) mass is 198 g/mol. The molecule has 82 valence electrons. The number of rotatable bonds is 4. The fourth-order valence-electron chi connectivity index (χ4n) is 0.393. The maximum atomic E-state index is 8.17. The Balaban J connectivity index is 0. The minimum Gasteiger partial charge on any atom is -0.394 e. The lowest BCUT2D eigenvalue weighted by Gasteiger charge is -2.10. The van der Waals surface area contributed by atoms with Crippen molar-refractivity contribution in [3.63, 3.8) is 0 Å². The third-order valence-electron chi connectivity index (χ3n) is 1.01. The second kappa shape index (κ2) is 8.36. The Labute approximate surface area is 76.7 Å². The Morgan fingerprint density at radius 1 is 1.08 bits per heavy atom. The van der Waals surface area contributed by atoms with Gasteiger partial charge in [-0.15, -0.1) is 0 Å². The van der Waals surface area contributed by atoms with Gasteiger partial charge in [0.15, 0.2) is 0 Å². The van der Waals surface area contributed by atoms with Crippen LogP contribution in [0.4, 0.5) is 0 Å². The standard InChI is InChI=1S/C4H10O3.C3H8O3/c1-2-3-4(5,6)7;4-1-3(6)2-5/h5-7H,2-3H2,1H3;3-6H,1-2H2. The first-order valence-corrected chi connectivity index (χ1v) is 3.94. The van der Waals surface area contributed by atoms with E-state index in [1.165, 1.54) is 0 Å². The van der Waals surface area contributed by atoms with Gasteiger partial charge in [0.05, 0.1) is 13.2 Å². The summed E-state index contributed by atoms with van der Waals surface area (Å²) < 4.78 is 0. The molecule has 0 heterocycles. The van der Waals surface area contributed by atoms with Crippen molar-refractivity contribution >= 4 is 0 Å². The Morgan fingerprint density at radius 2 is 1.46 bits per heavy atom. The molecular weight excluding hydrogens is 180 g/mol. The van der Waals surface area contributed by atoms with Crippen LogP contribution in [0.15, 0.2) is 0 Å². The molecule has 0 bridgehead atoms. The third kappa shape index (κ3) is 18.6. The Bertz CT molecular complexity index is 95.6. The average Bonchev–Trinajstić information content (AvgIpc) is 2.02. The molecule has 0 saturated heterocycles. The van der Waals surface area contributed by atoms with E-state index in [4.69, 9.17) is 30.6 Å². The van der Waals surface area contributed by atoms with Crippen LogP contribution in [-0.2, 0) is 0 Å². The van der Waals surface area contributed by atoms with Crippen molar-refractivity contribution < 1.29 is 30.6 Å². The molecule has 0 fully saturated rings. The molecule has 0 unspecified atom stereocenters. The molecule has 6 N–H and O–H groups in total. The molecule has 0 saturated carbocycles. The van der Waals surface area contributed by atoms with Gasteiger partial charge in [0.1, 0.15) is 6.10 Å². The van der Waals surface area contributed by atoms with Gasteiger partial charge in [0.25, 0.3) is 5.97 Å². The van der Waals surface area contributed by atoms with E-state index in [0.717, 1.165) is 0 Å². The second-order valence-corrected chi connectivity index (χ2v) is 2.54. The van der Waals surface area contributed by atoms with Gasteiger partial charge in [0.2, 0.25) is 0 Å². The summed E-state index contributed by atoms with van der Waals surface area (Å²) in [6, 6.07) is 0. The van der Waals surface area contributed by atoms with Crippen LogP contribution in [0.25, 0.3) is 0 Å². The van der Waals surface area contributed by atoms with Crippen LogP contribution in [0.5, 0.6) is 0 Å². The fraction of sp³-hybridized carbons (Fsp3) is 1.00. The lowest BCUT2D eigenvalue weighted by atomic mass is 10.3. The van der Waals surface area contributed by atoms with E-state index in [1.54, 1.807) is 6.92 Å². The summed E-state index contributed by atoms with van der Waals surface area (Å²) in [4.78, 5) is 0. The molecule has 0 radical (unpaired) electrons. The van der Waals surface area contributed by atoms with Gasteiger partial charge in [-0.05, 0) is 6.42 Å². The average molecular weight is 198 g/mol. The zero-order chi connectivity index (χ0) is 10.9. The Hall–Kier alpha value is -0.240. The van der Waals surface area contributed by atoms with E-state index in [9.17, 15) is 0 Å². The van der Waals surface area contributed by atoms with Crippen molar-refractivity contribution in [2.45, 2.75) is 31.8 Å². The minimum atomic E-state index is -2.45. The predicted octanol–water partition coefficient (Wildman–Crippen LogP) is -2.25. The maximum Gasteiger partial charge on any atom is 0.275 e. The molecule has 0 aromatic carbocycles. The van der Waals surface area contributed by atoms with E-state index in [2.05, 4.69) is 0 Å². The highest BCUT2D eigenvalue weighted by Crippen LogP contribution is 2.01. The SMILES string of the molecule is CCCC(O)(O)O.OCC(O)CO. The molecular formula is C7H18O6. The zero-order valence-corrected chi connectivity index (χ0v) is 7.59. The van der Waals surface area contributed by atoms with Crippen molar-refractivity contribution in [2.75, 3.05) is 13.2 Å². The number of aliphatic hydroxyl groups is 6. The van der Waals surface area contributed by atoms with E-state index in [1.807, 2.05) is 0 Å². The van der Waals surface area contributed by atoms with E-state index in [-0.39, 0.29) is 19.6 Å². The molecule has 0 aliphatic rings. The first kappa shape index (κ1) is 15.2. The van der Waals surface area contributed by atoms with Crippen LogP contribution in [0, 0.1) is 0 Å². The van der Waals surface area contributed by atoms with Gasteiger partial charge in [-0.3, -0.25) is 0 Å². The topological polar surface area (TPSA) is 121 Å².